The lowest BCUT2D eigenvalue weighted by atomic mass is 10.2. The first-order chi connectivity index (χ1) is 16.3. The van der Waals surface area contributed by atoms with Crippen molar-refractivity contribution in [3.8, 4) is 5.69 Å². The molecule has 4 aromatic heterocycles. The number of nitrogens with zero attached hydrogens (tertiary/aromatic N) is 5. The van der Waals surface area contributed by atoms with Gasteiger partial charge in [-0.3, -0.25) is 14.3 Å². The Labute approximate surface area is 193 Å². The van der Waals surface area contributed by atoms with E-state index in [1.165, 1.54) is 4.68 Å². The fourth-order valence-corrected chi connectivity index (χ4v) is 5.15. The molecule has 0 amide bonds. The molecule has 0 bridgehead atoms. The fourth-order valence-electron chi connectivity index (χ4n) is 4.08. The van der Waals surface area contributed by atoms with Crippen molar-refractivity contribution in [1.82, 2.24) is 24.3 Å². The molecule has 0 aliphatic heterocycles. The lowest BCUT2D eigenvalue weighted by Crippen LogP contribution is -2.24. The van der Waals surface area contributed by atoms with Crippen molar-refractivity contribution < 1.29 is 0 Å². The average Bonchev–Trinajstić information content (AvgIpc) is 3.39. The minimum Gasteiger partial charge on any atom is -0.288 e. The maximum Gasteiger partial charge on any atom is 0.292 e. The molecule has 0 atom stereocenters. The van der Waals surface area contributed by atoms with Crippen LogP contribution in [0.15, 0.2) is 96.1 Å². The zero-order valence-corrected chi connectivity index (χ0v) is 18.4. The van der Waals surface area contributed by atoms with Gasteiger partial charge in [0.15, 0.2) is 5.65 Å². The predicted molar refractivity (Wildman–Crippen MR) is 131 cm³/mol. The molecule has 0 fully saturated rings. The van der Waals surface area contributed by atoms with Gasteiger partial charge in [0.25, 0.3) is 5.56 Å². The first kappa shape index (κ1) is 19.6. The van der Waals surface area contributed by atoms with E-state index in [1.807, 2.05) is 83.4 Å². The third kappa shape index (κ3) is 3.52. The molecule has 33 heavy (non-hydrogen) atoms. The number of benzene rings is 2. The minimum atomic E-state index is -0.128. The first-order valence-electron chi connectivity index (χ1n) is 10.7. The quantitative estimate of drug-likeness (QED) is 0.378. The van der Waals surface area contributed by atoms with E-state index in [-0.39, 0.29) is 5.56 Å². The number of pyridine rings is 1. The first-order valence-corrected chi connectivity index (χ1v) is 11.5. The Morgan fingerprint density at radius 3 is 2.39 bits per heavy atom. The summed E-state index contributed by atoms with van der Waals surface area (Å²) in [5, 5.41) is 6.29. The number of para-hydroxylation sites is 1. The standard InChI is InChI=1S/C26H19N5OS/c32-26-23-21(16-28-30(26)17-18-9-3-1-4-10-18)24-25(31(23)20-12-5-2-6-13-20)29-22(33-24)15-19-11-7-8-14-27-19/h1-14,16H,15,17H2. The highest BCUT2D eigenvalue weighted by molar-refractivity contribution is 7.19. The molecule has 0 unspecified atom stereocenters. The summed E-state index contributed by atoms with van der Waals surface area (Å²) in [7, 11) is 0. The van der Waals surface area contributed by atoms with Crippen LogP contribution < -0.4 is 5.56 Å². The van der Waals surface area contributed by atoms with Crippen LogP contribution >= 0.6 is 11.3 Å². The van der Waals surface area contributed by atoms with Gasteiger partial charge in [-0.15, -0.1) is 11.3 Å². The summed E-state index contributed by atoms with van der Waals surface area (Å²) < 4.78 is 4.46. The summed E-state index contributed by atoms with van der Waals surface area (Å²) >= 11 is 1.60. The van der Waals surface area contributed by atoms with E-state index in [1.54, 1.807) is 23.7 Å². The van der Waals surface area contributed by atoms with Crippen LogP contribution in [0, 0.1) is 0 Å². The number of hydrogen-bond donors (Lipinski definition) is 0. The van der Waals surface area contributed by atoms with Gasteiger partial charge in [-0.25, -0.2) is 9.67 Å². The van der Waals surface area contributed by atoms with Crippen LogP contribution in [0.1, 0.15) is 16.3 Å². The van der Waals surface area contributed by atoms with Crippen molar-refractivity contribution >= 4 is 32.6 Å². The largest absolute Gasteiger partial charge is 0.292 e. The van der Waals surface area contributed by atoms with Gasteiger partial charge in [0, 0.05) is 29.4 Å². The van der Waals surface area contributed by atoms with Gasteiger partial charge in [0.2, 0.25) is 0 Å². The Morgan fingerprint density at radius 2 is 1.64 bits per heavy atom. The van der Waals surface area contributed by atoms with Gasteiger partial charge >= 0.3 is 0 Å². The van der Waals surface area contributed by atoms with Gasteiger partial charge in [0.1, 0.15) is 10.5 Å². The molecule has 0 aliphatic rings. The van der Waals surface area contributed by atoms with E-state index in [0.29, 0.717) is 18.5 Å². The van der Waals surface area contributed by atoms with Gasteiger partial charge in [-0.05, 0) is 29.8 Å². The summed E-state index contributed by atoms with van der Waals surface area (Å²) in [6.45, 7) is 0.418. The normalized spacial score (nSPS) is 11.4. The fraction of sp³-hybridized carbons (Fsp3) is 0.0769. The van der Waals surface area contributed by atoms with Crippen LogP contribution in [0.4, 0.5) is 0 Å². The van der Waals surface area contributed by atoms with E-state index in [4.69, 9.17) is 4.98 Å². The second kappa shape index (κ2) is 8.11. The molecule has 0 radical (unpaired) electrons. The van der Waals surface area contributed by atoms with E-state index in [0.717, 1.165) is 37.7 Å². The number of rotatable bonds is 5. The second-order valence-electron chi connectivity index (χ2n) is 7.78. The smallest absolute Gasteiger partial charge is 0.288 e. The third-order valence-electron chi connectivity index (χ3n) is 5.60. The van der Waals surface area contributed by atoms with Crippen molar-refractivity contribution in [1.29, 1.82) is 0 Å². The molecule has 6 aromatic rings. The van der Waals surface area contributed by atoms with Crippen LogP contribution in [0.3, 0.4) is 0 Å². The summed E-state index contributed by atoms with van der Waals surface area (Å²) in [6, 6.07) is 25.7. The molecule has 0 saturated heterocycles. The van der Waals surface area contributed by atoms with Crippen LogP contribution in [-0.2, 0) is 13.0 Å². The number of hydrogen-bond acceptors (Lipinski definition) is 5. The molecule has 160 valence electrons. The van der Waals surface area contributed by atoms with E-state index in [2.05, 4.69) is 10.1 Å². The molecule has 6 nitrogen and oxygen atoms in total. The summed E-state index contributed by atoms with van der Waals surface area (Å²) in [5.74, 6) is 0. The zero-order valence-electron chi connectivity index (χ0n) is 17.6. The Balaban J connectivity index is 1.56. The van der Waals surface area contributed by atoms with Gasteiger partial charge in [0.05, 0.1) is 17.4 Å². The van der Waals surface area contributed by atoms with Gasteiger partial charge in [-0.1, -0.05) is 54.6 Å². The number of thiazole rings is 1. The van der Waals surface area contributed by atoms with E-state index < -0.39 is 0 Å². The Hall–Kier alpha value is -4.10. The molecule has 6 rings (SSSR count). The lowest BCUT2D eigenvalue weighted by Gasteiger charge is -2.08. The predicted octanol–water partition coefficient (Wildman–Crippen LogP) is 4.83. The molecule has 7 heteroatoms. The van der Waals surface area contributed by atoms with Crippen molar-refractivity contribution in [3.63, 3.8) is 0 Å². The zero-order chi connectivity index (χ0) is 22.2. The highest BCUT2D eigenvalue weighted by Crippen LogP contribution is 2.34. The Morgan fingerprint density at radius 1 is 0.879 bits per heavy atom. The molecule has 0 aliphatic carbocycles. The van der Waals surface area contributed by atoms with Crippen LogP contribution in [0.2, 0.25) is 0 Å². The Bertz CT molecular complexity index is 1620. The third-order valence-corrected chi connectivity index (χ3v) is 6.68. The maximum atomic E-state index is 13.6. The van der Waals surface area contributed by atoms with Crippen LogP contribution in [-0.4, -0.2) is 24.3 Å². The SMILES string of the molecule is O=c1c2c(cnn1Cc1ccccc1)c1sc(Cc3ccccn3)nc1n2-c1ccccc1. The number of fused-ring (bicyclic) bond motifs is 3. The molecule has 0 spiro atoms. The summed E-state index contributed by atoms with van der Waals surface area (Å²) in [4.78, 5) is 23.0. The van der Waals surface area contributed by atoms with E-state index in [9.17, 15) is 4.79 Å². The minimum absolute atomic E-state index is 0.128. The molecular formula is C26H19N5OS. The molecule has 2 aromatic carbocycles. The molecular weight excluding hydrogens is 430 g/mol. The molecule has 4 heterocycles. The van der Waals surface area contributed by atoms with Gasteiger partial charge < -0.3 is 0 Å². The number of aromatic nitrogens is 5. The highest BCUT2D eigenvalue weighted by Gasteiger charge is 2.21. The molecule has 0 saturated carbocycles. The Kier molecular flexibility index (Phi) is 4.81. The van der Waals surface area contributed by atoms with Crippen molar-refractivity contribution in [2.24, 2.45) is 0 Å². The van der Waals surface area contributed by atoms with E-state index >= 15 is 0 Å². The average molecular weight is 450 g/mol. The second-order valence-corrected chi connectivity index (χ2v) is 8.87. The van der Waals surface area contributed by atoms with Crippen molar-refractivity contribution in [2.45, 2.75) is 13.0 Å². The molecule has 0 N–H and O–H groups in total. The maximum absolute atomic E-state index is 13.6. The topological polar surface area (TPSA) is 65.6 Å². The van der Waals surface area contributed by atoms with Crippen LogP contribution in [0.25, 0.3) is 26.9 Å². The van der Waals surface area contributed by atoms with Crippen molar-refractivity contribution in [3.05, 3.63) is 118 Å². The van der Waals surface area contributed by atoms with Crippen molar-refractivity contribution in [2.75, 3.05) is 0 Å². The summed E-state index contributed by atoms with van der Waals surface area (Å²) in [6.07, 6.45) is 4.24. The highest BCUT2D eigenvalue weighted by atomic mass is 32.1. The van der Waals surface area contributed by atoms with Crippen LogP contribution in [0.5, 0.6) is 0 Å². The van der Waals surface area contributed by atoms with Gasteiger partial charge in [-0.2, -0.15) is 5.10 Å². The monoisotopic (exact) mass is 449 g/mol. The summed E-state index contributed by atoms with van der Waals surface area (Å²) in [5.41, 5.74) is 4.15. The lowest BCUT2D eigenvalue weighted by molar-refractivity contribution is 0.645.